The first-order valence-corrected chi connectivity index (χ1v) is 10.3. The maximum atomic E-state index is 13.8. The Hall–Kier alpha value is -2.49. The zero-order valence-corrected chi connectivity index (χ0v) is 15.4. The highest BCUT2D eigenvalue weighted by molar-refractivity contribution is 7.91. The van der Waals surface area contributed by atoms with Crippen molar-refractivity contribution in [1.82, 2.24) is 15.4 Å². The number of carbonyl (C=O) groups excluding carboxylic acids is 1. The van der Waals surface area contributed by atoms with E-state index in [1.54, 1.807) is 4.90 Å². The molecule has 3 rings (SSSR count). The Labute approximate surface area is 155 Å². The van der Waals surface area contributed by atoms with Crippen LogP contribution in [0.25, 0.3) is 11.3 Å². The third-order valence-electron chi connectivity index (χ3n) is 4.51. The predicted octanol–water partition coefficient (Wildman–Crippen LogP) is 2.34. The number of hydrogen-bond acceptors (Lipinski definition) is 5. The molecule has 0 atom stereocenters. The fourth-order valence-electron chi connectivity index (χ4n) is 2.98. The molecule has 0 unspecified atom stereocenters. The van der Waals surface area contributed by atoms with Crippen molar-refractivity contribution < 1.29 is 26.5 Å². The first-order chi connectivity index (χ1) is 12.7. The van der Waals surface area contributed by atoms with Crippen molar-refractivity contribution in [3.8, 4) is 11.3 Å². The van der Waals surface area contributed by atoms with Crippen molar-refractivity contribution in [2.24, 2.45) is 0 Å². The van der Waals surface area contributed by atoms with Crippen LogP contribution in [0.4, 0.5) is 13.6 Å². The summed E-state index contributed by atoms with van der Waals surface area (Å²) in [5.41, 5.74) is 0.456. The van der Waals surface area contributed by atoms with Gasteiger partial charge in [0.15, 0.2) is 5.76 Å². The van der Waals surface area contributed by atoms with Crippen LogP contribution in [0.5, 0.6) is 0 Å². The van der Waals surface area contributed by atoms with Crippen LogP contribution in [0, 0.1) is 11.6 Å². The number of nitrogens with zero attached hydrogens (tertiary/aromatic N) is 2. The molecule has 0 spiro atoms. The van der Waals surface area contributed by atoms with E-state index in [1.807, 2.05) is 0 Å². The first-order valence-electron chi connectivity index (χ1n) is 8.36. The Morgan fingerprint density at radius 3 is 2.63 bits per heavy atom. The average molecular weight is 399 g/mol. The summed E-state index contributed by atoms with van der Waals surface area (Å²) in [4.78, 5) is 13.7. The quantitative estimate of drug-likeness (QED) is 0.852. The second kappa shape index (κ2) is 7.63. The van der Waals surface area contributed by atoms with Crippen molar-refractivity contribution in [2.45, 2.75) is 24.6 Å². The average Bonchev–Trinajstić information content (AvgIpc) is 3.07. The van der Waals surface area contributed by atoms with E-state index in [9.17, 15) is 22.0 Å². The molecule has 27 heavy (non-hydrogen) atoms. The molecular weight excluding hydrogens is 380 g/mol. The summed E-state index contributed by atoms with van der Waals surface area (Å²) in [7, 11) is -3.10. The topological polar surface area (TPSA) is 92.5 Å². The van der Waals surface area contributed by atoms with Gasteiger partial charge >= 0.3 is 6.03 Å². The molecule has 2 amide bonds. The monoisotopic (exact) mass is 399 g/mol. The largest absolute Gasteiger partial charge is 0.356 e. The van der Waals surface area contributed by atoms with Gasteiger partial charge in [-0.3, -0.25) is 0 Å². The van der Waals surface area contributed by atoms with E-state index in [1.165, 1.54) is 18.4 Å². The number of halogens is 2. The lowest BCUT2D eigenvalue weighted by Crippen LogP contribution is -2.46. The van der Waals surface area contributed by atoms with Crippen molar-refractivity contribution in [3.05, 3.63) is 41.6 Å². The zero-order chi connectivity index (χ0) is 19.6. The summed E-state index contributed by atoms with van der Waals surface area (Å²) in [6.45, 7) is 0.778. The molecular formula is C17H19F2N3O4S. The number of rotatable bonds is 4. The normalized spacial score (nSPS) is 15.7. The number of urea groups is 1. The minimum Gasteiger partial charge on any atom is -0.356 e. The summed E-state index contributed by atoms with van der Waals surface area (Å²) in [6.07, 6.45) is 2.02. The molecule has 0 aliphatic carbocycles. The van der Waals surface area contributed by atoms with E-state index in [-0.39, 0.29) is 23.9 Å². The lowest BCUT2D eigenvalue weighted by atomic mass is 10.1. The van der Waals surface area contributed by atoms with Crippen LogP contribution < -0.4 is 5.32 Å². The Morgan fingerprint density at radius 2 is 2.00 bits per heavy atom. The third kappa shape index (κ3) is 4.62. The smallest absolute Gasteiger partial charge is 0.317 e. The predicted molar refractivity (Wildman–Crippen MR) is 93.5 cm³/mol. The molecule has 2 aromatic rings. The van der Waals surface area contributed by atoms with E-state index < -0.39 is 26.7 Å². The van der Waals surface area contributed by atoms with Gasteiger partial charge in [0.2, 0.25) is 0 Å². The Balaban J connectivity index is 1.55. The number of amides is 2. The number of sulfone groups is 1. The number of hydrogen-bond donors (Lipinski definition) is 1. The van der Waals surface area contributed by atoms with Gasteiger partial charge in [0.1, 0.15) is 27.2 Å². The summed E-state index contributed by atoms with van der Waals surface area (Å²) in [6, 6.07) is 4.24. The summed E-state index contributed by atoms with van der Waals surface area (Å²) < 4.78 is 54.9. The highest BCUT2D eigenvalue weighted by Crippen LogP contribution is 2.24. The first kappa shape index (κ1) is 19.3. The minimum atomic E-state index is -3.10. The van der Waals surface area contributed by atoms with Gasteiger partial charge in [-0.25, -0.2) is 22.0 Å². The summed E-state index contributed by atoms with van der Waals surface area (Å²) >= 11 is 0. The molecule has 10 heteroatoms. The molecule has 1 aliphatic rings. The van der Waals surface area contributed by atoms with Crippen LogP contribution in [-0.2, 0) is 16.4 Å². The van der Waals surface area contributed by atoms with Crippen molar-refractivity contribution in [3.63, 3.8) is 0 Å². The molecule has 1 aliphatic heterocycles. The Morgan fingerprint density at radius 1 is 1.30 bits per heavy atom. The summed E-state index contributed by atoms with van der Waals surface area (Å²) in [5, 5.41) is 6.03. The van der Waals surface area contributed by atoms with Gasteiger partial charge in [0, 0.05) is 31.5 Å². The van der Waals surface area contributed by atoms with Crippen molar-refractivity contribution in [1.29, 1.82) is 0 Å². The van der Waals surface area contributed by atoms with Crippen LogP contribution in [0.2, 0.25) is 0 Å². The van der Waals surface area contributed by atoms with Gasteiger partial charge in [-0.1, -0.05) is 5.16 Å². The van der Waals surface area contributed by atoms with E-state index in [0.717, 1.165) is 12.1 Å². The Bertz CT molecular complexity index is 937. The van der Waals surface area contributed by atoms with Crippen LogP contribution in [0.15, 0.2) is 28.8 Å². The molecule has 1 aromatic heterocycles. The number of piperidine rings is 1. The highest BCUT2D eigenvalue weighted by atomic mass is 32.2. The number of nitrogens with one attached hydrogen (secondary N) is 1. The fraction of sp³-hybridized carbons (Fsp3) is 0.412. The van der Waals surface area contributed by atoms with E-state index in [2.05, 4.69) is 10.5 Å². The van der Waals surface area contributed by atoms with Gasteiger partial charge < -0.3 is 14.7 Å². The second-order valence-corrected chi connectivity index (χ2v) is 8.81. The summed E-state index contributed by atoms with van der Waals surface area (Å²) in [5.74, 6) is -1.33. The van der Waals surface area contributed by atoms with Crippen LogP contribution in [0.1, 0.15) is 18.5 Å². The number of aromatic nitrogens is 1. The van der Waals surface area contributed by atoms with Gasteiger partial charge in [-0.15, -0.1) is 0 Å². The molecule has 1 saturated heterocycles. The van der Waals surface area contributed by atoms with Crippen LogP contribution >= 0.6 is 0 Å². The second-order valence-electron chi connectivity index (χ2n) is 6.48. The van der Waals surface area contributed by atoms with Crippen molar-refractivity contribution in [2.75, 3.05) is 19.3 Å². The Kier molecular flexibility index (Phi) is 5.45. The molecule has 7 nitrogen and oxygen atoms in total. The van der Waals surface area contributed by atoms with Gasteiger partial charge in [-0.05, 0) is 25.0 Å². The molecule has 0 bridgehead atoms. The van der Waals surface area contributed by atoms with Gasteiger partial charge in [0.05, 0.1) is 17.4 Å². The maximum Gasteiger partial charge on any atom is 0.317 e. The van der Waals surface area contributed by atoms with Crippen LogP contribution in [-0.4, -0.2) is 49.1 Å². The van der Waals surface area contributed by atoms with Gasteiger partial charge in [0.25, 0.3) is 0 Å². The van der Waals surface area contributed by atoms with E-state index in [0.29, 0.717) is 31.6 Å². The minimum absolute atomic E-state index is 0.0666. The third-order valence-corrected chi connectivity index (χ3v) is 6.19. The molecule has 1 aromatic carbocycles. The molecule has 2 heterocycles. The number of likely N-dealkylation sites (tertiary alicyclic amines) is 1. The van der Waals surface area contributed by atoms with Crippen LogP contribution in [0.3, 0.4) is 0 Å². The molecule has 0 radical (unpaired) electrons. The maximum absolute atomic E-state index is 13.8. The highest BCUT2D eigenvalue weighted by Gasteiger charge is 2.28. The molecule has 146 valence electrons. The van der Waals surface area contributed by atoms with Gasteiger partial charge in [-0.2, -0.15) is 0 Å². The molecule has 0 saturated carbocycles. The van der Waals surface area contributed by atoms with Crippen molar-refractivity contribution >= 4 is 15.9 Å². The zero-order valence-electron chi connectivity index (χ0n) is 14.6. The lowest BCUT2D eigenvalue weighted by Gasteiger charge is -2.31. The molecule has 1 N–H and O–H groups in total. The SMILES string of the molecule is CS(=O)(=O)C1CCN(C(=O)NCc2cc(-c3ccc(F)cc3F)on2)CC1. The van der Waals surface area contributed by atoms with E-state index in [4.69, 9.17) is 4.52 Å². The lowest BCUT2D eigenvalue weighted by molar-refractivity contribution is 0.186. The van der Waals surface area contributed by atoms with E-state index >= 15 is 0 Å². The standard InChI is InChI=1S/C17H19F2N3O4S/c1-27(24,25)13-4-6-22(7-5-13)17(23)20-10-12-9-16(26-21-12)14-3-2-11(18)8-15(14)19/h2-3,8-9,13H,4-7,10H2,1H3,(H,20,23). The number of carbonyl (C=O) groups is 1. The molecule has 1 fully saturated rings. The number of benzene rings is 1. The fourth-order valence-corrected chi connectivity index (χ4v) is 4.04.